The number of nitrogens with zero attached hydrogens (tertiary/aromatic N) is 1. The van der Waals surface area contributed by atoms with Crippen LogP contribution in [0.1, 0.15) is 47.7 Å². The van der Waals surface area contributed by atoms with Gasteiger partial charge in [-0.3, -0.25) is 4.79 Å². The van der Waals surface area contributed by atoms with Crippen LogP contribution in [0.4, 0.5) is 0 Å². The van der Waals surface area contributed by atoms with E-state index in [-0.39, 0.29) is 16.8 Å². The number of hydrogen-bond donors (Lipinski definition) is 1. The summed E-state index contributed by atoms with van der Waals surface area (Å²) in [5.41, 5.74) is 2.72. The van der Waals surface area contributed by atoms with Crippen molar-refractivity contribution in [2.24, 2.45) is 0 Å². The largest absolute Gasteiger partial charge is 0.352 e. The Kier molecular flexibility index (Phi) is 6.52. The van der Waals surface area contributed by atoms with Gasteiger partial charge in [-0.1, -0.05) is 42.3 Å². The Morgan fingerprint density at radius 3 is 2.68 bits per heavy atom. The van der Waals surface area contributed by atoms with Crippen molar-refractivity contribution in [1.29, 1.82) is 0 Å². The molecule has 1 atom stereocenters. The molecule has 1 N–H and O–H groups in total. The number of rotatable bonds is 6. The van der Waals surface area contributed by atoms with Crippen molar-refractivity contribution in [2.45, 2.75) is 50.5 Å². The molecular formula is C22H28N2O3S. The number of benzene rings is 2. The van der Waals surface area contributed by atoms with Crippen molar-refractivity contribution >= 4 is 15.9 Å². The van der Waals surface area contributed by atoms with Gasteiger partial charge in [0.25, 0.3) is 5.91 Å². The summed E-state index contributed by atoms with van der Waals surface area (Å²) in [5, 5.41) is 2.89. The standard InChI is InChI=1S/C22H28N2O3S/c1-17-7-5-9-19(15-17)12-13-23-22(25)20-10-6-11-21(16-20)28(26,27)24-14-4-3-8-18(24)2/h5-7,9-11,15-16,18H,3-4,8,12-14H2,1-2H3,(H,23,25). The van der Waals surface area contributed by atoms with Crippen LogP contribution in [0.2, 0.25) is 0 Å². The lowest BCUT2D eigenvalue weighted by atomic mass is 10.1. The molecule has 5 nitrogen and oxygen atoms in total. The lowest BCUT2D eigenvalue weighted by molar-refractivity contribution is 0.0954. The summed E-state index contributed by atoms with van der Waals surface area (Å²) < 4.78 is 27.6. The lowest BCUT2D eigenvalue weighted by Crippen LogP contribution is -2.42. The monoisotopic (exact) mass is 400 g/mol. The molecule has 1 fully saturated rings. The Bertz CT molecular complexity index is 940. The van der Waals surface area contributed by atoms with Gasteiger partial charge in [-0.15, -0.1) is 0 Å². The van der Waals surface area contributed by atoms with Crippen molar-refractivity contribution < 1.29 is 13.2 Å². The minimum Gasteiger partial charge on any atom is -0.352 e. The van der Waals surface area contributed by atoms with E-state index in [1.165, 1.54) is 11.6 Å². The molecule has 1 aliphatic rings. The van der Waals surface area contributed by atoms with E-state index in [2.05, 4.69) is 11.4 Å². The minimum atomic E-state index is -3.58. The van der Waals surface area contributed by atoms with Gasteiger partial charge in [0, 0.05) is 24.7 Å². The van der Waals surface area contributed by atoms with Gasteiger partial charge in [0.05, 0.1) is 4.90 Å². The Morgan fingerprint density at radius 1 is 1.14 bits per heavy atom. The number of hydrogen-bond acceptors (Lipinski definition) is 3. The quantitative estimate of drug-likeness (QED) is 0.807. The third-order valence-electron chi connectivity index (χ3n) is 5.23. The second-order valence-corrected chi connectivity index (χ2v) is 9.37. The summed E-state index contributed by atoms with van der Waals surface area (Å²) >= 11 is 0. The molecule has 1 amide bonds. The molecule has 0 radical (unpaired) electrons. The van der Waals surface area contributed by atoms with Crippen molar-refractivity contribution in [3.05, 3.63) is 65.2 Å². The van der Waals surface area contributed by atoms with E-state index >= 15 is 0 Å². The molecule has 1 heterocycles. The van der Waals surface area contributed by atoms with E-state index in [0.29, 0.717) is 18.7 Å². The van der Waals surface area contributed by atoms with E-state index in [9.17, 15) is 13.2 Å². The Morgan fingerprint density at radius 2 is 1.93 bits per heavy atom. The summed E-state index contributed by atoms with van der Waals surface area (Å²) in [6.45, 7) is 5.02. The first kappa shape index (κ1) is 20.6. The van der Waals surface area contributed by atoms with Gasteiger partial charge < -0.3 is 5.32 Å². The van der Waals surface area contributed by atoms with Gasteiger partial charge in [-0.25, -0.2) is 8.42 Å². The van der Waals surface area contributed by atoms with Crippen molar-refractivity contribution in [1.82, 2.24) is 9.62 Å². The topological polar surface area (TPSA) is 66.5 Å². The fraction of sp³-hybridized carbons (Fsp3) is 0.409. The third-order valence-corrected chi connectivity index (χ3v) is 7.24. The maximum absolute atomic E-state index is 13.0. The van der Waals surface area contributed by atoms with Gasteiger partial charge in [-0.05, 0) is 56.9 Å². The molecule has 1 aliphatic heterocycles. The summed E-state index contributed by atoms with van der Waals surface area (Å²) in [4.78, 5) is 12.7. The molecule has 0 bridgehead atoms. The van der Waals surface area contributed by atoms with Crippen LogP contribution in [-0.4, -0.2) is 37.8 Å². The van der Waals surface area contributed by atoms with Crippen LogP contribution in [0.5, 0.6) is 0 Å². The fourth-order valence-corrected chi connectivity index (χ4v) is 5.40. The van der Waals surface area contributed by atoms with Gasteiger partial charge in [0.2, 0.25) is 10.0 Å². The van der Waals surface area contributed by atoms with Crippen LogP contribution in [0.3, 0.4) is 0 Å². The molecule has 0 aromatic heterocycles. The molecule has 2 aromatic carbocycles. The smallest absolute Gasteiger partial charge is 0.251 e. The molecule has 0 saturated carbocycles. The SMILES string of the molecule is Cc1cccc(CCNC(=O)c2cccc(S(=O)(=O)N3CCCCC3C)c2)c1. The molecule has 0 spiro atoms. The zero-order chi connectivity index (χ0) is 20.1. The summed E-state index contributed by atoms with van der Waals surface area (Å²) in [6, 6.07) is 14.5. The summed E-state index contributed by atoms with van der Waals surface area (Å²) in [5.74, 6) is -0.253. The van der Waals surface area contributed by atoms with Crippen LogP contribution in [-0.2, 0) is 16.4 Å². The number of carbonyl (C=O) groups excluding carboxylic acids is 1. The molecule has 3 rings (SSSR count). The number of amides is 1. The number of piperidine rings is 1. The summed E-state index contributed by atoms with van der Waals surface area (Å²) in [6.07, 6.45) is 3.54. The lowest BCUT2D eigenvalue weighted by Gasteiger charge is -2.32. The highest BCUT2D eigenvalue weighted by Gasteiger charge is 2.31. The van der Waals surface area contributed by atoms with Crippen LogP contribution in [0.15, 0.2) is 53.4 Å². The van der Waals surface area contributed by atoms with Gasteiger partial charge in [0.15, 0.2) is 0 Å². The molecule has 1 unspecified atom stereocenters. The summed E-state index contributed by atoms with van der Waals surface area (Å²) in [7, 11) is -3.58. The van der Waals surface area contributed by atoms with Crippen molar-refractivity contribution in [3.8, 4) is 0 Å². The maximum Gasteiger partial charge on any atom is 0.251 e. The second kappa shape index (κ2) is 8.88. The average molecular weight is 401 g/mol. The highest BCUT2D eigenvalue weighted by atomic mass is 32.2. The molecule has 150 valence electrons. The first-order valence-electron chi connectivity index (χ1n) is 9.83. The molecule has 0 aliphatic carbocycles. The average Bonchev–Trinajstić information content (AvgIpc) is 2.68. The molecule has 28 heavy (non-hydrogen) atoms. The highest BCUT2D eigenvalue weighted by Crippen LogP contribution is 2.25. The Balaban J connectivity index is 1.67. The van der Waals surface area contributed by atoms with Crippen molar-refractivity contribution in [2.75, 3.05) is 13.1 Å². The molecule has 6 heteroatoms. The van der Waals surface area contributed by atoms with Crippen LogP contribution in [0.25, 0.3) is 0 Å². The predicted octanol–water partition coefficient (Wildman–Crippen LogP) is 3.53. The molecule has 2 aromatic rings. The zero-order valence-corrected chi connectivity index (χ0v) is 17.3. The maximum atomic E-state index is 13.0. The zero-order valence-electron chi connectivity index (χ0n) is 16.5. The van der Waals surface area contributed by atoms with Crippen molar-refractivity contribution in [3.63, 3.8) is 0 Å². The number of sulfonamides is 1. The first-order valence-corrected chi connectivity index (χ1v) is 11.3. The van der Waals surface area contributed by atoms with Crippen LogP contribution < -0.4 is 5.32 Å². The van der Waals surface area contributed by atoms with E-state index in [4.69, 9.17) is 0 Å². The normalized spacial score (nSPS) is 18.0. The number of carbonyl (C=O) groups is 1. The van der Waals surface area contributed by atoms with Gasteiger partial charge in [0.1, 0.15) is 0 Å². The number of aryl methyl sites for hydroxylation is 1. The fourth-order valence-electron chi connectivity index (χ4n) is 3.65. The van der Waals surface area contributed by atoms with Gasteiger partial charge in [-0.2, -0.15) is 4.31 Å². The molecule has 1 saturated heterocycles. The van der Waals surface area contributed by atoms with E-state index in [0.717, 1.165) is 31.2 Å². The second-order valence-electron chi connectivity index (χ2n) is 7.48. The van der Waals surface area contributed by atoms with E-state index in [1.807, 2.05) is 32.0 Å². The van der Waals surface area contributed by atoms with Gasteiger partial charge >= 0.3 is 0 Å². The Hall–Kier alpha value is -2.18. The predicted molar refractivity (Wildman–Crippen MR) is 111 cm³/mol. The highest BCUT2D eigenvalue weighted by molar-refractivity contribution is 7.89. The van der Waals surface area contributed by atoms with E-state index < -0.39 is 10.0 Å². The number of nitrogens with one attached hydrogen (secondary N) is 1. The Labute approximate surface area is 167 Å². The minimum absolute atomic E-state index is 0.00874. The third kappa shape index (κ3) is 4.80. The first-order chi connectivity index (χ1) is 13.4. The van der Waals surface area contributed by atoms with E-state index in [1.54, 1.807) is 22.5 Å². The van der Waals surface area contributed by atoms with Crippen LogP contribution >= 0.6 is 0 Å². The van der Waals surface area contributed by atoms with Crippen LogP contribution in [0, 0.1) is 6.92 Å². The molecular weight excluding hydrogens is 372 g/mol.